The van der Waals surface area contributed by atoms with Crippen molar-refractivity contribution in [3.8, 4) is 0 Å². The number of piperidine rings is 2. The van der Waals surface area contributed by atoms with E-state index in [9.17, 15) is 22.8 Å². The highest BCUT2D eigenvalue weighted by Gasteiger charge is 2.42. The number of halogens is 3. The van der Waals surface area contributed by atoms with E-state index in [2.05, 4.69) is 4.98 Å². The molecule has 0 bridgehead atoms. The van der Waals surface area contributed by atoms with Gasteiger partial charge in [-0.1, -0.05) is 6.07 Å². The zero-order chi connectivity index (χ0) is 19.5. The van der Waals surface area contributed by atoms with Crippen molar-refractivity contribution < 1.29 is 22.8 Å². The number of carbonyl (C=O) groups is 2. The number of pyridine rings is 1. The van der Waals surface area contributed by atoms with Gasteiger partial charge >= 0.3 is 6.18 Å². The molecule has 2 aliphatic rings. The van der Waals surface area contributed by atoms with E-state index in [1.165, 1.54) is 4.90 Å². The second-order valence-electron chi connectivity index (χ2n) is 7.57. The minimum atomic E-state index is -4.30. The first-order valence-corrected chi connectivity index (χ1v) is 9.29. The van der Waals surface area contributed by atoms with E-state index in [0.717, 1.165) is 25.0 Å². The van der Waals surface area contributed by atoms with Crippen molar-refractivity contribution in [1.82, 2.24) is 14.8 Å². The van der Waals surface area contributed by atoms with E-state index in [-0.39, 0.29) is 11.3 Å². The first-order valence-electron chi connectivity index (χ1n) is 9.29. The number of alkyl halides is 3. The molecule has 0 aromatic carbocycles. The summed E-state index contributed by atoms with van der Waals surface area (Å²) in [6, 6.07) is 5.60. The Hall–Kier alpha value is -2.12. The summed E-state index contributed by atoms with van der Waals surface area (Å²) in [5.41, 5.74) is 0.784. The monoisotopic (exact) mass is 383 g/mol. The molecule has 2 saturated heterocycles. The Kier molecular flexibility index (Phi) is 5.72. The highest BCUT2D eigenvalue weighted by molar-refractivity contribution is 5.77. The number of amides is 2. The van der Waals surface area contributed by atoms with E-state index in [1.807, 2.05) is 23.1 Å². The SMILES string of the molecule is O=C(CCC(F)(F)F)N1CCC2(CCC(=O)N(Cc3ccccn3)C2)CC1. The lowest BCUT2D eigenvalue weighted by atomic mass is 9.72. The molecular formula is C19H24F3N3O2. The van der Waals surface area contributed by atoms with E-state index in [0.29, 0.717) is 32.6 Å². The Labute approximate surface area is 156 Å². The molecule has 27 heavy (non-hydrogen) atoms. The summed E-state index contributed by atoms with van der Waals surface area (Å²) in [6.07, 6.45) is -1.48. The number of hydrogen-bond donors (Lipinski definition) is 0. The first kappa shape index (κ1) is 19.6. The summed E-state index contributed by atoms with van der Waals surface area (Å²) in [4.78, 5) is 32.0. The fourth-order valence-electron chi connectivity index (χ4n) is 3.98. The van der Waals surface area contributed by atoms with Gasteiger partial charge in [-0.2, -0.15) is 13.2 Å². The van der Waals surface area contributed by atoms with E-state index in [1.54, 1.807) is 6.20 Å². The van der Waals surface area contributed by atoms with Gasteiger partial charge < -0.3 is 9.80 Å². The number of nitrogens with zero attached hydrogens (tertiary/aromatic N) is 3. The van der Waals surface area contributed by atoms with Crippen molar-refractivity contribution in [2.24, 2.45) is 5.41 Å². The van der Waals surface area contributed by atoms with Gasteiger partial charge in [0.15, 0.2) is 0 Å². The Balaban J connectivity index is 1.55. The van der Waals surface area contributed by atoms with Gasteiger partial charge in [-0.15, -0.1) is 0 Å². The van der Waals surface area contributed by atoms with Crippen molar-refractivity contribution in [2.45, 2.75) is 51.2 Å². The van der Waals surface area contributed by atoms with Crippen LogP contribution >= 0.6 is 0 Å². The van der Waals surface area contributed by atoms with Gasteiger partial charge in [0.2, 0.25) is 11.8 Å². The quantitative estimate of drug-likeness (QED) is 0.803. The number of rotatable bonds is 4. The summed E-state index contributed by atoms with van der Waals surface area (Å²) in [5, 5.41) is 0. The Morgan fingerprint density at radius 2 is 1.93 bits per heavy atom. The Morgan fingerprint density at radius 3 is 2.56 bits per heavy atom. The molecule has 0 unspecified atom stereocenters. The van der Waals surface area contributed by atoms with Gasteiger partial charge in [0.05, 0.1) is 18.7 Å². The average Bonchev–Trinajstić information content (AvgIpc) is 2.64. The van der Waals surface area contributed by atoms with Gasteiger partial charge in [0, 0.05) is 38.7 Å². The molecule has 0 saturated carbocycles. The van der Waals surface area contributed by atoms with Gasteiger partial charge in [-0.05, 0) is 36.8 Å². The van der Waals surface area contributed by atoms with Crippen molar-refractivity contribution in [1.29, 1.82) is 0 Å². The van der Waals surface area contributed by atoms with Crippen molar-refractivity contribution in [3.63, 3.8) is 0 Å². The molecule has 0 N–H and O–H groups in total. The van der Waals surface area contributed by atoms with E-state index < -0.39 is 24.9 Å². The van der Waals surface area contributed by atoms with Gasteiger partial charge in [0.1, 0.15) is 0 Å². The minimum Gasteiger partial charge on any atom is -0.343 e. The molecule has 1 aromatic heterocycles. The van der Waals surface area contributed by atoms with Crippen LogP contribution in [0.5, 0.6) is 0 Å². The highest BCUT2D eigenvalue weighted by atomic mass is 19.4. The third-order valence-corrected chi connectivity index (χ3v) is 5.63. The van der Waals surface area contributed by atoms with Crippen LogP contribution in [0.25, 0.3) is 0 Å². The predicted molar refractivity (Wildman–Crippen MR) is 92.4 cm³/mol. The summed E-state index contributed by atoms with van der Waals surface area (Å²) in [7, 11) is 0. The molecule has 8 heteroatoms. The highest BCUT2D eigenvalue weighted by Crippen LogP contribution is 2.40. The van der Waals surface area contributed by atoms with Crippen LogP contribution in [-0.2, 0) is 16.1 Å². The summed E-state index contributed by atoms with van der Waals surface area (Å²) >= 11 is 0. The van der Waals surface area contributed by atoms with Gasteiger partial charge in [0.25, 0.3) is 0 Å². The zero-order valence-electron chi connectivity index (χ0n) is 15.2. The largest absolute Gasteiger partial charge is 0.389 e. The van der Waals surface area contributed by atoms with Crippen LogP contribution in [-0.4, -0.2) is 52.4 Å². The molecule has 5 nitrogen and oxygen atoms in total. The molecule has 148 valence electrons. The average molecular weight is 383 g/mol. The normalized spacial score (nSPS) is 20.2. The van der Waals surface area contributed by atoms with Crippen LogP contribution in [0.15, 0.2) is 24.4 Å². The van der Waals surface area contributed by atoms with Crippen LogP contribution in [0.4, 0.5) is 13.2 Å². The molecule has 2 amide bonds. The summed E-state index contributed by atoms with van der Waals surface area (Å²) in [5.74, 6) is -0.325. The van der Waals surface area contributed by atoms with Crippen LogP contribution in [0, 0.1) is 5.41 Å². The maximum absolute atomic E-state index is 12.3. The molecule has 2 fully saturated rings. The lowest BCUT2D eigenvalue weighted by Crippen LogP contribution is -2.52. The van der Waals surface area contributed by atoms with Crippen molar-refractivity contribution in [3.05, 3.63) is 30.1 Å². The predicted octanol–water partition coefficient (Wildman–Crippen LogP) is 3.16. The molecule has 0 atom stereocenters. The van der Waals surface area contributed by atoms with Crippen LogP contribution < -0.4 is 0 Å². The van der Waals surface area contributed by atoms with Crippen molar-refractivity contribution in [2.75, 3.05) is 19.6 Å². The molecule has 3 rings (SSSR count). The second kappa shape index (κ2) is 7.86. The second-order valence-corrected chi connectivity index (χ2v) is 7.57. The maximum Gasteiger partial charge on any atom is 0.389 e. The first-order chi connectivity index (χ1) is 12.8. The lowest BCUT2D eigenvalue weighted by Gasteiger charge is -2.47. The molecular weight excluding hydrogens is 359 g/mol. The third-order valence-electron chi connectivity index (χ3n) is 5.63. The standard InChI is InChI=1S/C19H24F3N3O2/c20-19(21,22)7-5-16(26)24-11-8-18(9-12-24)6-4-17(27)25(14-18)13-15-3-1-2-10-23-15/h1-3,10H,4-9,11-14H2. The lowest BCUT2D eigenvalue weighted by molar-refractivity contribution is -0.151. The van der Waals surface area contributed by atoms with Crippen LogP contribution in [0.2, 0.25) is 0 Å². The summed E-state index contributed by atoms with van der Waals surface area (Å²) < 4.78 is 36.9. The molecule has 0 aliphatic carbocycles. The fourth-order valence-corrected chi connectivity index (χ4v) is 3.98. The number of hydrogen-bond acceptors (Lipinski definition) is 3. The topological polar surface area (TPSA) is 53.5 Å². The van der Waals surface area contributed by atoms with Crippen LogP contribution in [0.1, 0.15) is 44.2 Å². The maximum atomic E-state index is 12.3. The van der Waals surface area contributed by atoms with E-state index >= 15 is 0 Å². The number of carbonyl (C=O) groups excluding carboxylic acids is 2. The molecule has 1 aromatic rings. The fraction of sp³-hybridized carbons (Fsp3) is 0.632. The van der Waals surface area contributed by atoms with Gasteiger partial charge in [-0.25, -0.2) is 0 Å². The number of aromatic nitrogens is 1. The molecule has 3 heterocycles. The molecule has 0 radical (unpaired) electrons. The van der Waals surface area contributed by atoms with Crippen LogP contribution in [0.3, 0.4) is 0 Å². The molecule has 1 spiro atoms. The third kappa shape index (κ3) is 5.20. The Bertz CT molecular complexity index is 671. The van der Waals surface area contributed by atoms with E-state index in [4.69, 9.17) is 0 Å². The number of likely N-dealkylation sites (tertiary alicyclic amines) is 2. The molecule has 2 aliphatic heterocycles. The minimum absolute atomic E-state index is 0.0521. The zero-order valence-corrected chi connectivity index (χ0v) is 15.2. The van der Waals surface area contributed by atoms with Crippen molar-refractivity contribution >= 4 is 11.8 Å². The summed E-state index contributed by atoms with van der Waals surface area (Å²) in [6.45, 7) is 2.01. The smallest absolute Gasteiger partial charge is 0.343 e. The Morgan fingerprint density at radius 1 is 1.19 bits per heavy atom. The van der Waals surface area contributed by atoms with Gasteiger partial charge in [-0.3, -0.25) is 14.6 Å².